The fourth-order valence-corrected chi connectivity index (χ4v) is 5.32. The molecule has 1 unspecified atom stereocenters. The van der Waals surface area contributed by atoms with Gasteiger partial charge in [0.15, 0.2) is 0 Å². The number of aliphatic hydroxyl groups excluding tert-OH is 1. The lowest BCUT2D eigenvalue weighted by Gasteiger charge is -2.45. The van der Waals surface area contributed by atoms with E-state index >= 15 is 0 Å². The summed E-state index contributed by atoms with van der Waals surface area (Å²) in [6.07, 6.45) is 1.24. The van der Waals surface area contributed by atoms with Gasteiger partial charge in [0.1, 0.15) is 16.3 Å². The Balaban J connectivity index is 1.43. The molecule has 0 amide bonds. The van der Waals surface area contributed by atoms with Crippen molar-refractivity contribution in [1.82, 2.24) is 4.90 Å². The van der Waals surface area contributed by atoms with Gasteiger partial charge >= 0.3 is 0 Å². The van der Waals surface area contributed by atoms with Gasteiger partial charge in [0.05, 0.1) is 18.8 Å². The highest BCUT2D eigenvalue weighted by atomic mass is 32.2. The van der Waals surface area contributed by atoms with Crippen LogP contribution in [-0.2, 0) is 14.3 Å². The molecule has 7 heteroatoms. The first kappa shape index (κ1) is 20.6. The molecule has 1 aliphatic carbocycles. The summed E-state index contributed by atoms with van der Waals surface area (Å²) in [6.45, 7) is 6.47. The molecular weight excluding hydrogens is 390 g/mol. The Morgan fingerprint density at radius 2 is 1.86 bits per heavy atom. The number of ether oxygens (including phenoxy) is 2. The van der Waals surface area contributed by atoms with Crippen LogP contribution in [0.2, 0.25) is 0 Å². The van der Waals surface area contributed by atoms with Crippen molar-refractivity contribution in [2.75, 3.05) is 32.0 Å². The van der Waals surface area contributed by atoms with Gasteiger partial charge in [-0.2, -0.15) is 0 Å². The average molecular weight is 418 g/mol. The number of piperidine rings is 1. The second-order valence-corrected chi connectivity index (χ2v) is 9.26. The molecule has 2 heterocycles. The maximum absolute atomic E-state index is 12.5. The van der Waals surface area contributed by atoms with Crippen molar-refractivity contribution in [3.8, 4) is 0 Å². The molecule has 0 bridgehead atoms. The van der Waals surface area contributed by atoms with Crippen molar-refractivity contribution in [2.45, 2.75) is 44.5 Å². The predicted octanol–water partition coefficient (Wildman–Crippen LogP) is 2.50. The standard InChI is InChI=1S/C22H27NO5S/c1-14(2)27-12-15(24)11-23-9-7-22(8-10-23)13-29-21-19(26)18(25)16-5-3-4-6-17(16)20(21)28-22/h3-6,14-15,24H,7-13H2,1-2H3. The van der Waals surface area contributed by atoms with Crippen LogP contribution in [0.1, 0.15) is 42.6 Å². The van der Waals surface area contributed by atoms with E-state index in [1.165, 1.54) is 11.8 Å². The maximum Gasteiger partial charge on any atom is 0.243 e. The lowest BCUT2D eigenvalue weighted by atomic mass is 9.90. The number of likely N-dealkylation sites (tertiary alicyclic amines) is 1. The Hall–Kier alpha value is -1.67. The topological polar surface area (TPSA) is 76.1 Å². The van der Waals surface area contributed by atoms with Gasteiger partial charge in [-0.25, -0.2) is 0 Å². The molecule has 0 saturated carbocycles. The Morgan fingerprint density at radius 3 is 2.55 bits per heavy atom. The van der Waals surface area contributed by atoms with Gasteiger partial charge in [-0.05, 0) is 13.8 Å². The van der Waals surface area contributed by atoms with Crippen LogP contribution in [0.15, 0.2) is 29.2 Å². The minimum atomic E-state index is -0.503. The molecular formula is C22H27NO5S. The van der Waals surface area contributed by atoms with Gasteiger partial charge in [0.2, 0.25) is 11.6 Å². The lowest BCUT2D eigenvalue weighted by Crippen LogP contribution is -2.51. The van der Waals surface area contributed by atoms with E-state index in [9.17, 15) is 14.7 Å². The number of hydrogen-bond acceptors (Lipinski definition) is 7. The molecule has 2 aliphatic heterocycles. The fraction of sp³-hybridized carbons (Fsp3) is 0.545. The molecule has 1 spiro atoms. The van der Waals surface area contributed by atoms with Gasteiger partial charge in [0, 0.05) is 49.4 Å². The zero-order valence-electron chi connectivity index (χ0n) is 16.8. The third kappa shape index (κ3) is 4.14. The summed E-state index contributed by atoms with van der Waals surface area (Å²) >= 11 is 1.45. The van der Waals surface area contributed by atoms with Gasteiger partial charge in [0.25, 0.3) is 0 Å². The summed E-state index contributed by atoms with van der Waals surface area (Å²) in [5.41, 5.74) is 0.814. The second-order valence-electron chi connectivity index (χ2n) is 8.27. The number of rotatable bonds is 5. The third-order valence-corrected chi connectivity index (χ3v) is 7.02. The SMILES string of the molecule is CC(C)OCC(O)CN1CCC2(CC1)CSC1=C(O2)c2ccccc2C(=O)C1=O. The summed E-state index contributed by atoms with van der Waals surface area (Å²) in [5, 5.41) is 10.2. The number of benzene rings is 1. The fourth-order valence-electron chi connectivity index (χ4n) is 4.06. The molecule has 4 rings (SSSR count). The number of allylic oxidation sites excluding steroid dienone is 1. The van der Waals surface area contributed by atoms with Gasteiger partial charge in [-0.15, -0.1) is 11.8 Å². The maximum atomic E-state index is 12.5. The number of Topliss-reactive ketones (excluding diaryl/α,β-unsaturated/α-hetero) is 2. The van der Waals surface area contributed by atoms with Crippen molar-refractivity contribution in [1.29, 1.82) is 0 Å². The largest absolute Gasteiger partial charge is 0.484 e. The molecule has 0 aromatic heterocycles. The molecule has 0 radical (unpaired) electrons. The number of thioether (sulfide) groups is 1. The summed E-state index contributed by atoms with van der Waals surface area (Å²) in [7, 11) is 0. The summed E-state index contributed by atoms with van der Waals surface area (Å²) in [5.74, 6) is 0.336. The van der Waals surface area contributed by atoms with Crippen molar-refractivity contribution in [2.24, 2.45) is 0 Å². The highest BCUT2D eigenvalue weighted by Gasteiger charge is 2.45. The quantitative estimate of drug-likeness (QED) is 0.738. The van der Waals surface area contributed by atoms with Gasteiger partial charge in [-0.3, -0.25) is 9.59 Å². The van der Waals surface area contributed by atoms with Crippen LogP contribution < -0.4 is 0 Å². The van der Waals surface area contributed by atoms with Crippen LogP contribution in [0.5, 0.6) is 0 Å². The number of β-amino-alcohol motifs (C(OH)–C–C–N with tert-alkyl or cyclic N) is 1. The van der Waals surface area contributed by atoms with E-state index in [1.54, 1.807) is 12.1 Å². The molecule has 1 saturated heterocycles. The summed E-state index contributed by atoms with van der Waals surface area (Å²) in [6, 6.07) is 7.19. The Kier molecular flexibility index (Phi) is 5.84. The first-order valence-corrected chi connectivity index (χ1v) is 11.1. The van der Waals surface area contributed by atoms with Crippen LogP contribution in [-0.4, -0.2) is 71.4 Å². The van der Waals surface area contributed by atoms with E-state index in [1.807, 2.05) is 26.0 Å². The normalized spacial score (nSPS) is 22.5. The van der Waals surface area contributed by atoms with Gasteiger partial charge < -0.3 is 19.5 Å². The van der Waals surface area contributed by atoms with Crippen LogP contribution in [0.4, 0.5) is 0 Å². The van der Waals surface area contributed by atoms with E-state index in [4.69, 9.17) is 9.47 Å². The van der Waals surface area contributed by atoms with Crippen LogP contribution in [0.25, 0.3) is 5.76 Å². The molecule has 3 aliphatic rings. The minimum Gasteiger partial charge on any atom is -0.484 e. The summed E-state index contributed by atoms with van der Waals surface area (Å²) in [4.78, 5) is 27.6. The molecule has 1 N–H and O–H groups in total. The third-order valence-electron chi connectivity index (χ3n) is 5.69. The molecule has 156 valence electrons. The molecule has 1 aromatic rings. The molecule has 1 atom stereocenters. The highest BCUT2D eigenvalue weighted by molar-refractivity contribution is 8.04. The zero-order valence-corrected chi connectivity index (χ0v) is 17.7. The summed E-state index contributed by atoms with van der Waals surface area (Å²) < 4.78 is 12.0. The predicted molar refractivity (Wildman–Crippen MR) is 112 cm³/mol. The van der Waals surface area contributed by atoms with Crippen molar-refractivity contribution in [3.63, 3.8) is 0 Å². The second kappa shape index (κ2) is 8.22. The number of nitrogens with zero attached hydrogens (tertiary/aromatic N) is 1. The van der Waals surface area contributed by atoms with Crippen LogP contribution in [0, 0.1) is 0 Å². The van der Waals surface area contributed by atoms with Crippen LogP contribution >= 0.6 is 11.8 Å². The Labute approximate surface area is 175 Å². The number of fused-ring (bicyclic) bond motifs is 2. The Bertz CT molecular complexity index is 841. The first-order valence-electron chi connectivity index (χ1n) is 10.1. The molecule has 1 fully saturated rings. The molecule has 1 aromatic carbocycles. The van der Waals surface area contributed by atoms with Crippen molar-refractivity contribution >= 4 is 29.1 Å². The smallest absolute Gasteiger partial charge is 0.243 e. The van der Waals surface area contributed by atoms with E-state index in [-0.39, 0.29) is 11.7 Å². The Morgan fingerprint density at radius 1 is 1.17 bits per heavy atom. The molecule has 29 heavy (non-hydrogen) atoms. The number of hydrogen-bond donors (Lipinski definition) is 1. The average Bonchev–Trinajstić information content (AvgIpc) is 2.72. The van der Waals surface area contributed by atoms with Crippen molar-refractivity contribution in [3.05, 3.63) is 40.3 Å². The zero-order chi connectivity index (χ0) is 20.6. The lowest BCUT2D eigenvalue weighted by molar-refractivity contribution is -0.111. The number of ketones is 2. The van der Waals surface area contributed by atoms with E-state index in [0.717, 1.165) is 31.5 Å². The number of aliphatic hydroxyl groups is 1. The number of carbonyl (C=O) groups is 2. The van der Waals surface area contributed by atoms with E-state index < -0.39 is 17.7 Å². The number of carbonyl (C=O) groups excluding carboxylic acids is 2. The minimum absolute atomic E-state index is 0.109. The van der Waals surface area contributed by atoms with E-state index in [2.05, 4.69) is 4.90 Å². The van der Waals surface area contributed by atoms with Crippen molar-refractivity contribution < 1.29 is 24.2 Å². The first-order chi connectivity index (χ1) is 13.9. The van der Waals surface area contributed by atoms with Gasteiger partial charge in [-0.1, -0.05) is 24.3 Å². The highest BCUT2D eigenvalue weighted by Crippen LogP contribution is 2.47. The van der Waals surface area contributed by atoms with E-state index in [0.29, 0.717) is 35.1 Å². The molecule has 6 nitrogen and oxygen atoms in total. The monoisotopic (exact) mass is 417 g/mol. The van der Waals surface area contributed by atoms with Crippen LogP contribution in [0.3, 0.4) is 0 Å².